The van der Waals surface area contributed by atoms with Gasteiger partial charge in [-0.3, -0.25) is 9.47 Å². The molecule has 0 N–H and O–H groups in total. The number of imidazole rings is 1. The normalized spacial score (nSPS) is 35.8. The quantitative estimate of drug-likeness (QED) is 0.720. The van der Waals surface area contributed by atoms with E-state index in [0.717, 1.165) is 24.6 Å². The van der Waals surface area contributed by atoms with Gasteiger partial charge in [0.05, 0.1) is 17.6 Å². The molecule has 0 saturated carbocycles. The van der Waals surface area contributed by atoms with Crippen LogP contribution in [0, 0.1) is 5.92 Å². The van der Waals surface area contributed by atoms with Gasteiger partial charge in [-0.15, -0.1) is 0 Å². The maximum atomic E-state index is 6.36. The van der Waals surface area contributed by atoms with E-state index in [1.807, 2.05) is 6.07 Å². The van der Waals surface area contributed by atoms with Crippen LogP contribution in [0.1, 0.15) is 12.8 Å². The topological polar surface area (TPSA) is 30.3 Å². The Kier molecular flexibility index (Phi) is 1.79. The van der Waals surface area contributed by atoms with Gasteiger partial charge in [-0.2, -0.15) is 4.98 Å². The van der Waals surface area contributed by atoms with Crippen LogP contribution in [0.2, 0.25) is 0 Å². The first-order chi connectivity index (χ1) is 9.34. The fourth-order valence-electron chi connectivity index (χ4n) is 4.19. The molecule has 3 fully saturated rings. The third-order valence-corrected chi connectivity index (χ3v) is 5.16. The number of rotatable bonds is 0. The lowest BCUT2D eigenvalue weighted by Gasteiger charge is -2.50. The van der Waals surface area contributed by atoms with Crippen molar-refractivity contribution < 1.29 is 4.74 Å². The second kappa shape index (κ2) is 3.31. The first-order valence-corrected chi connectivity index (χ1v) is 7.21. The number of fused-ring (bicyclic) bond motifs is 5. The number of para-hydroxylation sites is 2. The summed E-state index contributed by atoms with van der Waals surface area (Å²) in [6.07, 6.45) is 2.56. The van der Waals surface area contributed by atoms with Crippen LogP contribution in [0.4, 0.5) is 0 Å². The average molecular weight is 255 g/mol. The first kappa shape index (κ1) is 10.3. The van der Waals surface area contributed by atoms with E-state index >= 15 is 0 Å². The molecule has 4 heteroatoms. The molecule has 0 radical (unpaired) electrons. The zero-order chi connectivity index (χ0) is 12.4. The van der Waals surface area contributed by atoms with Crippen LogP contribution >= 0.6 is 0 Å². The molecule has 3 saturated heterocycles. The Hall–Kier alpha value is -1.55. The highest BCUT2D eigenvalue weighted by Gasteiger charge is 2.53. The summed E-state index contributed by atoms with van der Waals surface area (Å²) in [5.41, 5.74) is 2.27. The molecule has 4 nitrogen and oxygen atoms in total. The molecule has 1 aromatic carbocycles. The second-order valence-electron chi connectivity index (χ2n) is 6.19. The summed E-state index contributed by atoms with van der Waals surface area (Å²) in [6.45, 7) is 4.55. The van der Waals surface area contributed by atoms with Crippen LogP contribution in [0.3, 0.4) is 0 Å². The summed E-state index contributed by atoms with van der Waals surface area (Å²) in [5.74, 6) is 0.706. The minimum Gasteiger partial charge on any atom is -0.454 e. The van der Waals surface area contributed by atoms with Crippen LogP contribution in [-0.4, -0.2) is 39.7 Å². The molecule has 4 aliphatic rings. The molecule has 19 heavy (non-hydrogen) atoms. The van der Waals surface area contributed by atoms with E-state index in [4.69, 9.17) is 4.74 Å². The number of hydrogen-bond donors (Lipinski definition) is 0. The van der Waals surface area contributed by atoms with Crippen molar-refractivity contribution in [2.45, 2.75) is 25.0 Å². The van der Waals surface area contributed by atoms with Crippen molar-refractivity contribution in [1.82, 2.24) is 14.5 Å². The Morgan fingerprint density at radius 2 is 2.00 bits per heavy atom. The van der Waals surface area contributed by atoms with Crippen LogP contribution in [0.5, 0.6) is 6.01 Å². The monoisotopic (exact) mass is 255 g/mol. The molecule has 4 aliphatic heterocycles. The van der Waals surface area contributed by atoms with Crippen molar-refractivity contribution in [3.63, 3.8) is 0 Å². The molecule has 5 heterocycles. The number of aromatic nitrogens is 2. The third kappa shape index (κ3) is 1.25. The summed E-state index contributed by atoms with van der Waals surface area (Å²) in [4.78, 5) is 7.20. The standard InChI is InChI=1S/C15H17N3O/c1-2-4-13-12(3-1)16-14-18(13)10-15(19-14)9-17-7-5-11(15)6-8-17/h1-4,11H,5-10H2/t15-/m0/s1. The molecule has 0 unspecified atom stereocenters. The van der Waals surface area contributed by atoms with E-state index in [0.29, 0.717) is 5.92 Å². The Balaban J connectivity index is 1.61. The van der Waals surface area contributed by atoms with Crippen molar-refractivity contribution in [1.29, 1.82) is 0 Å². The SMILES string of the molecule is c1ccc2c(c1)nc1n2C[C@]2(CN3CCC2CC3)O1. The third-order valence-electron chi connectivity index (χ3n) is 5.16. The number of hydrogen-bond acceptors (Lipinski definition) is 3. The summed E-state index contributed by atoms with van der Waals surface area (Å²) in [5, 5.41) is 0. The smallest absolute Gasteiger partial charge is 0.298 e. The zero-order valence-corrected chi connectivity index (χ0v) is 10.9. The lowest BCUT2D eigenvalue weighted by atomic mass is 9.75. The van der Waals surface area contributed by atoms with Gasteiger partial charge < -0.3 is 4.74 Å². The Bertz CT molecular complexity index is 656. The van der Waals surface area contributed by atoms with Gasteiger partial charge in [0.25, 0.3) is 6.01 Å². The van der Waals surface area contributed by atoms with Crippen molar-refractivity contribution in [3.8, 4) is 6.01 Å². The summed E-state index contributed by atoms with van der Waals surface area (Å²) in [7, 11) is 0. The van der Waals surface area contributed by atoms with Crippen molar-refractivity contribution >= 4 is 11.0 Å². The zero-order valence-electron chi connectivity index (χ0n) is 10.9. The van der Waals surface area contributed by atoms with Gasteiger partial charge in [-0.25, -0.2) is 0 Å². The fraction of sp³-hybridized carbons (Fsp3) is 0.533. The summed E-state index contributed by atoms with van der Waals surface area (Å²) >= 11 is 0. The van der Waals surface area contributed by atoms with Crippen LogP contribution in [0.15, 0.2) is 24.3 Å². The van der Waals surface area contributed by atoms with Crippen LogP contribution < -0.4 is 4.74 Å². The molecule has 2 aromatic rings. The fourth-order valence-corrected chi connectivity index (χ4v) is 4.19. The lowest BCUT2D eigenvalue weighted by Crippen LogP contribution is -2.61. The van der Waals surface area contributed by atoms with Gasteiger partial charge in [-0.1, -0.05) is 12.1 Å². The van der Waals surface area contributed by atoms with Gasteiger partial charge in [0.15, 0.2) is 0 Å². The first-order valence-electron chi connectivity index (χ1n) is 7.21. The maximum Gasteiger partial charge on any atom is 0.298 e. The van der Waals surface area contributed by atoms with Crippen molar-refractivity contribution in [2.24, 2.45) is 5.92 Å². The Morgan fingerprint density at radius 3 is 2.79 bits per heavy atom. The molecule has 6 rings (SSSR count). The predicted molar refractivity (Wildman–Crippen MR) is 72.3 cm³/mol. The van der Waals surface area contributed by atoms with Crippen LogP contribution in [-0.2, 0) is 6.54 Å². The Morgan fingerprint density at radius 1 is 1.16 bits per heavy atom. The highest BCUT2D eigenvalue weighted by atomic mass is 16.5. The molecule has 2 bridgehead atoms. The molecule has 1 atom stereocenters. The van der Waals surface area contributed by atoms with E-state index in [9.17, 15) is 0 Å². The molecular formula is C15H17N3O. The highest BCUT2D eigenvalue weighted by molar-refractivity contribution is 5.77. The van der Waals surface area contributed by atoms with E-state index < -0.39 is 0 Å². The van der Waals surface area contributed by atoms with E-state index in [1.165, 1.54) is 31.4 Å². The highest BCUT2D eigenvalue weighted by Crippen LogP contribution is 2.44. The molecular weight excluding hydrogens is 238 g/mol. The molecule has 98 valence electrons. The summed E-state index contributed by atoms with van der Waals surface area (Å²) < 4.78 is 8.64. The number of piperidine rings is 3. The minimum atomic E-state index is 0.00284. The number of ether oxygens (including phenoxy) is 1. The van der Waals surface area contributed by atoms with E-state index in [1.54, 1.807) is 0 Å². The predicted octanol–water partition coefficient (Wildman–Crippen LogP) is 1.89. The largest absolute Gasteiger partial charge is 0.454 e. The number of benzene rings is 1. The lowest BCUT2D eigenvalue weighted by molar-refractivity contribution is -0.0831. The maximum absolute atomic E-state index is 6.36. The van der Waals surface area contributed by atoms with Crippen molar-refractivity contribution in [3.05, 3.63) is 24.3 Å². The summed E-state index contributed by atoms with van der Waals surface area (Å²) in [6, 6.07) is 9.16. The van der Waals surface area contributed by atoms with Gasteiger partial charge in [0, 0.05) is 12.5 Å². The molecule has 1 spiro atoms. The average Bonchev–Trinajstić information content (AvgIpc) is 2.94. The van der Waals surface area contributed by atoms with E-state index in [2.05, 4.69) is 32.7 Å². The second-order valence-corrected chi connectivity index (χ2v) is 6.19. The van der Waals surface area contributed by atoms with Gasteiger partial charge in [-0.05, 0) is 38.1 Å². The molecule has 1 aromatic heterocycles. The van der Waals surface area contributed by atoms with Gasteiger partial charge in [0.1, 0.15) is 5.60 Å². The Labute approximate surface area is 112 Å². The van der Waals surface area contributed by atoms with Crippen molar-refractivity contribution in [2.75, 3.05) is 19.6 Å². The minimum absolute atomic E-state index is 0.00284. The number of nitrogens with zero attached hydrogens (tertiary/aromatic N) is 3. The van der Waals surface area contributed by atoms with Gasteiger partial charge in [0.2, 0.25) is 0 Å². The molecule has 0 aliphatic carbocycles. The van der Waals surface area contributed by atoms with Crippen LogP contribution in [0.25, 0.3) is 11.0 Å². The van der Waals surface area contributed by atoms with E-state index in [-0.39, 0.29) is 5.60 Å². The molecule has 0 amide bonds. The van der Waals surface area contributed by atoms with Gasteiger partial charge >= 0.3 is 0 Å².